The van der Waals surface area contributed by atoms with Crippen LogP contribution < -0.4 is 0 Å². The van der Waals surface area contributed by atoms with Crippen molar-refractivity contribution >= 4 is 0 Å². The van der Waals surface area contributed by atoms with Crippen LogP contribution in [0.3, 0.4) is 0 Å². The van der Waals surface area contributed by atoms with Crippen molar-refractivity contribution in [1.82, 2.24) is 0 Å². The predicted octanol–water partition coefficient (Wildman–Crippen LogP) is 0.668. The molecule has 0 N–H and O–H groups in total. The van der Waals surface area contributed by atoms with Crippen molar-refractivity contribution < 1.29 is 23.9 Å². The highest BCUT2D eigenvalue weighted by atomic mass is 16.8. The molecule has 0 unspecified atom stereocenters. The lowest BCUT2D eigenvalue weighted by atomic mass is 10.1. The largest absolute Gasteiger partial charge is 0.353 e. The molecule has 0 amide bonds. The Labute approximate surface area is 98.4 Å². The Morgan fingerprint density at radius 1 is 1.35 bits per heavy atom. The van der Waals surface area contributed by atoms with Gasteiger partial charge in [0.15, 0.2) is 12.1 Å². The minimum Gasteiger partial charge on any atom is -0.353 e. The van der Waals surface area contributed by atoms with Gasteiger partial charge in [-0.1, -0.05) is 0 Å². The molecule has 0 aromatic heterocycles. The first-order chi connectivity index (χ1) is 7.93. The van der Waals surface area contributed by atoms with Crippen LogP contribution in [-0.4, -0.2) is 42.4 Å². The Morgan fingerprint density at radius 3 is 2.59 bits per heavy atom. The fourth-order valence-corrected chi connectivity index (χ4v) is 2.09. The van der Waals surface area contributed by atoms with Gasteiger partial charge in [-0.15, -0.1) is 0 Å². The average molecular weight is 245 g/mol. The summed E-state index contributed by atoms with van der Waals surface area (Å²) in [4.78, 5) is 9.74. The summed E-state index contributed by atoms with van der Waals surface area (Å²) < 4.78 is 21.9. The van der Waals surface area contributed by atoms with Crippen LogP contribution in [0.1, 0.15) is 13.8 Å². The maximum atomic E-state index is 10.3. The molecule has 0 bridgehead atoms. The molecule has 2 aliphatic heterocycles. The summed E-state index contributed by atoms with van der Waals surface area (Å²) >= 11 is 0. The van der Waals surface area contributed by atoms with Gasteiger partial charge in [-0.3, -0.25) is 10.1 Å². The minimum absolute atomic E-state index is 0.364. The molecule has 0 spiro atoms. The van der Waals surface area contributed by atoms with Crippen LogP contribution in [0.4, 0.5) is 0 Å². The van der Waals surface area contributed by atoms with Gasteiger partial charge in [-0.05, 0) is 13.8 Å². The van der Waals surface area contributed by atoms with Crippen molar-refractivity contribution in [3.8, 4) is 0 Å². The molecule has 0 aromatic rings. The van der Waals surface area contributed by atoms with Crippen LogP contribution in [-0.2, 0) is 18.9 Å². The summed E-state index contributed by atoms with van der Waals surface area (Å²) in [5, 5.41) is 10.3. The molecule has 96 valence electrons. The van der Waals surface area contributed by atoms with Crippen LogP contribution >= 0.6 is 0 Å². The zero-order valence-corrected chi connectivity index (χ0v) is 9.86. The standard InChI is InChI=1S/C10H15NO6/c1-10(2)16-7-6(4-5-11(12)13)15-9(14-3)8(7)17-10/h4-9H,1-3H3/b5-4+/t6-,7+,8+,9+/m1/s1. The molecule has 0 saturated carbocycles. The highest BCUT2D eigenvalue weighted by Crippen LogP contribution is 2.39. The summed E-state index contributed by atoms with van der Waals surface area (Å²) in [7, 11) is 1.50. The molecule has 7 nitrogen and oxygen atoms in total. The van der Waals surface area contributed by atoms with Crippen LogP contribution in [0.2, 0.25) is 0 Å². The van der Waals surface area contributed by atoms with Crippen LogP contribution in [0, 0.1) is 10.1 Å². The Hall–Kier alpha value is -1.02. The molecule has 2 aliphatic rings. The van der Waals surface area contributed by atoms with Crippen molar-refractivity contribution in [2.24, 2.45) is 0 Å². The van der Waals surface area contributed by atoms with Crippen LogP contribution in [0.25, 0.3) is 0 Å². The molecule has 2 saturated heterocycles. The smallest absolute Gasteiger partial charge is 0.233 e. The topological polar surface area (TPSA) is 80.1 Å². The first-order valence-electron chi connectivity index (χ1n) is 5.29. The summed E-state index contributed by atoms with van der Waals surface area (Å²) in [5.41, 5.74) is 0. The molecule has 17 heavy (non-hydrogen) atoms. The van der Waals surface area contributed by atoms with Crippen LogP contribution in [0.15, 0.2) is 12.3 Å². The lowest BCUT2D eigenvalue weighted by molar-refractivity contribution is -0.403. The maximum absolute atomic E-state index is 10.3. The van der Waals surface area contributed by atoms with E-state index >= 15 is 0 Å². The normalized spacial score (nSPS) is 39.7. The fourth-order valence-electron chi connectivity index (χ4n) is 2.09. The quantitative estimate of drug-likeness (QED) is 0.537. The highest BCUT2D eigenvalue weighted by Gasteiger charge is 2.55. The van der Waals surface area contributed by atoms with Gasteiger partial charge in [-0.25, -0.2) is 0 Å². The molecule has 0 aromatic carbocycles. The van der Waals surface area contributed by atoms with Crippen LogP contribution in [0.5, 0.6) is 0 Å². The Kier molecular flexibility index (Phi) is 3.17. The molecular formula is C10H15NO6. The van der Waals surface area contributed by atoms with Crippen molar-refractivity contribution in [2.75, 3.05) is 7.11 Å². The third kappa shape index (κ3) is 2.47. The first kappa shape index (κ1) is 12.4. The number of hydrogen-bond acceptors (Lipinski definition) is 6. The van der Waals surface area contributed by atoms with Gasteiger partial charge in [0.05, 0.1) is 4.92 Å². The van der Waals surface area contributed by atoms with E-state index in [4.69, 9.17) is 18.9 Å². The van der Waals surface area contributed by atoms with Gasteiger partial charge in [0.1, 0.15) is 18.3 Å². The molecule has 0 radical (unpaired) electrons. The van der Waals surface area contributed by atoms with E-state index in [0.29, 0.717) is 0 Å². The molecule has 2 fully saturated rings. The third-order valence-corrected chi connectivity index (χ3v) is 2.68. The lowest BCUT2D eigenvalue weighted by Crippen LogP contribution is -2.30. The maximum Gasteiger partial charge on any atom is 0.233 e. The van der Waals surface area contributed by atoms with Gasteiger partial charge in [0.2, 0.25) is 6.20 Å². The minimum atomic E-state index is -0.726. The second kappa shape index (κ2) is 4.34. The fraction of sp³-hybridized carbons (Fsp3) is 0.800. The van der Waals surface area contributed by atoms with Crippen molar-refractivity contribution in [3.05, 3.63) is 22.4 Å². The molecule has 4 atom stereocenters. The number of methoxy groups -OCH3 is 1. The number of hydrogen-bond donors (Lipinski definition) is 0. The molecule has 7 heteroatoms. The Balaban J connectivity index is 2.12. The van der Waals surface area contributed by atoms with Gasteiger partial charge >= 0.3 is 0 Å². The van der Waals surface area contributed by atoms with Crippen molar-refractivity contribution in [3.63, 3.8) is 0 Å². The number of ether oxygens (including phenoxy) is 4. The summed E-state index contributed by atoms with van der Waals surface area (Å²) in [6.45, 7) is 3.57. The van der Waals surface area contributed by atoms with E-state index in [-0.39, 0.29) is 12.2 Å². The van der Waals surface area contributed by atoms with Gasteiger partial charge in [0.25, 0.3) is 0 Å². The number of rotatable bonds is 3. The number of nitrogens with zero attached hydrogens (tertiary/aromatic N) is 1. The summed E-state index contributed by atoms with van der Waals surface area (Å²) in [5.74, 6) is -0.726. The number of nitro groups is 1. The van der Waals surface area contributed by atoms with Crippen molar-refractivity contribution in [2.45, 2.75) is 44.2 Å². The zero-order valence-electron chi connectivity index (χ0n) is 9.86. The Bertz CT molecular complexity index is 342. The summed E-state index contributed by atoms with van der Waals surface area (Å²) in [6, 6.07) is 0. The molecule has 2 heterocycles. The molecular weight excluding hydrogens is 230 g/mol. The Morgan fingerprint density at radius 2 is 2.00 bits per heavy atom. The monoisotopic (exact) mass is 245 g/mol. The highest BCUT2D eigenvalue weighted by molar-refractivity contribution is 5.03. The third-order valence-electron chi connectivity index (χ3n) is 2.68. The van der Waals surface area contributed by atoms with Crippen molar-refractivity contribution in [1.29, 1.82) is 0 Å². The second-order valence-corrected chi connectivity index (χ2v) is 4.40. The SMILES string of the molecule is CO[C@H]1O[C@H](/C=C/[N+](=O)[O-])[C@@H]2OC(C)(C)O[C@H]12. The molecule has 2 rings (SSSR count). The summed E-state index contributed by atoms with van der Waals surface area (Å²) in [6.07, 6.45) is 0.346. The van der Waals surface area contributed by atoms with Gasteiger partial charge in [0, 0.05) is 13.2 Å². The van der Waals surface area contributed by atoms with E-state index in [1.165, 1.54) is 13.2 Å². The second-order valence-electron chi connectivity index (χ2n) is 4.40. The van der Waals surface area contributed by atoms with E-state index < -0.39 is 23.1 Å². The first-order valence-corrected chi connectivity index (χ1v) is 5.29. The lowest BCUT2D eigenvalue weighted by Gasteiger charge is -2.22. The van der Waals surface area contributed by atoms with E-state index in [9.17, 15) is 10.1 Å². The van der Waals surface area contributed by atoms with E-state index in [2.05, 4.69) is 0 Å². The predicted molar refractivity (Wildman–Crippen MR) is 55.6 cm³/mol. The molecule has 0 aliphatic carbocycles. The number of fused-ring (bicyclic) bond motifs is 1. The van der Waals surface area contributed by atoms with E-state index in [0.717, 1.165) is 6.20 Å². The van der Waals surface area contributed by atoms with Gasteiger partial charge < -0.3 is 18.9 Å². The van der Waals surface area contributed by atoms with Gasteiger partial charge in [-0.2, -0.15) is 0 Å². The average Bonchev–Trinajstić information content (AvgIpc) is 2.68. The van der Waals surface area contributed by atoms with E-state index in [1.54, 1.807) is 13.8 Å². The van der Waals surface area contributed by atoms with E-state index in [1.807, 2.05) is 0 Å². The zero-order chi connectivity index (χ0) is 12.6.